The Hall–Kier alpha value is -0.980. The Bertz CT molecular complexity index is 391. The lowest BCUT2D eigenvalue weighted by molar-refractivity contribution is 0.454. The van der Waals surface area contributed by atoms with Gasteiger partial charge in [0.25, 0.3) is 0 Å². The smallest absolute Gasteiger partial charge is 0.0382 e. The summed E-state index contributed by atoms with van der Waals surface area (Å²) in [4.78, 5) is 0. The molecule has 0 amide bonds. The summed E-state index contributed by atoms with van der Waals surface area (Å²) in [5.74, 6) is 0.663. The van der Waals surface area contributed by atoms with Crippen molar-refractivity contribution in [2.24, 2.45) is 0 Å². The van der Waals surface area contributed by atoms with Crippen molar-refractivity contribution in [2.75, 3.05) is 5.32 Å². The molecule has 1 N–H and O–H groups in total. The van der Waals surface area contributed by atoms with E-state index in [2.05, 4.69) is 52.1 Å². The minimum Gasteiger partial charge on any atom is -0.380 e. The number of rotatable bonds is 0. The second-order valence-electron chi connectivity index (χ2n) is 5.64. The van der Waals surface area contributed by atoms with E-state index in [-0.39, 0.29) is 5.54 Å². The molecular weight excluding hydrogens is 182 g/mol. The molecule has 1 nitrogen and oxygen atoms in total. The van der Waals surface area contributed by atoms with Gasteiger partial charge in [-0.05, 0) is 62.8 Å². The lowest BCUT2D eigenvalue weighted by Crippen LogP contribution is -2.36. The third kappa shape index (κ3) is 1.88. The number of hydrogen-bond acceptors (Lipinski definition) is 1. The van der Waals surface area contributed by atoms with E-state index in [1.165, 1.54) is 28.8 Å². The van der Waals surface area contributed by atoms with Crippen molar-refractivity contribution in [3.63, 3.8) is 0 Å². The molecule has 82 valence electrons. The quantitative estimate of drug-likeness (QED) is 0.672. The predicted octanol–water partition coefficient (Wildman–Crippen LogP) is 4.00. The average Bonchev–Trinajstić information content (AvgIpc) is 2.07. The second kappa shape index (κ2) is 3.26. The SMILES string of the molecule is Cc1cc2c(cc1C)[C@@H](C)CC(C)(C)N2. The molecule has 1 aromatic carbocycles. The van der Waals surface area contributed by atoms with Gasteiger partial charge < -0.3 is 5.32 Å². The number of aryl methyl sites for hydroxylation is 2. The van der Waals surface area contributed by atoms with E-state index in [4.69, 9.17) is 0 Å². The van der Waals surface area contributed by atoms with Gasteiger partial charge in [-0.25, -0.2) is 0 Å². The number of nitrogens with one attached hydrogen (secondary N) is 1. The van der Waals surface area contributed by atoms with Crippen LogP contribution in [0.4, 0.5) is 5.69 Å². The normalized spacial score (nSPS) is 23.1. The maximum Gasteiger partial charge on any atom is 0.0382 e. The van der Waals surface area contributed by atoms with Crippen LogP contribution in [-0.4, -0.2) is 5.54 Å². The van der Waals surface area contributed by atoms with Crippen molar-refractivity contribution in [1.29, 1.82) is 0 Å². The average molecular weight is 203 g/mol. The van der Waals surface area contributed by atoms with Crippen LogP contribution in [0.15, 0.2) is 12.1 Å². The number of anilines is 1. The Labute approximate surface area is 92.9 Å². The Morgan fingerprint density at radius 2 is 1.80 bits per heavy atom. The van der Waals surface area contributed by atoms with E-state index in [1.54, 1.807) is 0 Å². The molecule has 0 unspecified atom stereocenters. The summed E-state index contributed by atoms with van der Waals surface area (Å²) >= 11 is 0. The van der Waals surface area contributed by atoms with E-state index in [9.17, 15) is 0 Å². The van der Waals surface area contributed by atoms with E-state index in [0.29, 0.717) is 5.92 Å². The summed E-state index contributed by atoms with van der Waals surface area (Å²) in [7, 11) is 0. The molecule has 0 fully saturated rings. The van der Waals surface area contributed by atoms with Crippen molar-refractivity contribution in [1.82, 2.24) is 0 Å². The molecule has 0 bridgehead atoms. The van der Waals surface area contributed by atoms with E-state index >= 15 is 0 Å². The van der Waals surface area contributed by atoms with Gasteiger partial charge in [-0.3, -0.25) is 0 Å². The number of hydrogen-bond donors (Lipinski definition) is 1. The molecule has 0 aromatic heterocycles. The Balaban J connectivity index is 2.51. The van der Waals surface area contributed by atoms with Crippen LogP contribution < -0.4 is 5.32 Å². The first-order chi connectivity index (χ1) is 6.89. The molecule has 0 spiro atoms. The van der Waals surface area contributed by atoms with Gasteiger partial charge in [-0.15, -0.1) is 0 Å². The van der Waals surface area contributed by atoms with Crippen LogP contribution in [0.1, 0.15) is 49.8 Å². The fourth-order valence-electron chi connectivity index (χ4n) is 2.65. The molecule has 0 radical (unpaired) electrons. The monoisotopic (exact) mass is 203 g/mol. The molecule has 0 saturated carbocycles. The first-order valence-corrected chi connectivity index (χ1v) is 5.78. The highest BCUT2D eigenvalue weighted by atomic mass is 15.0. The molecule has 1 aliphatic rings. The van der Waals surface area contributed by atoms with Gasteiger partial charge in [0.05, 0.1) is 0 Å². The zero-order valence-corrected chi connectivity index (χ0v) is 10.4. The third-order valence-electron chi connectivity index (χ3n) is 3.49. The Morgan fingerprint density at radius 1 is 1.20 bits per heavy atom. The molecule has 2 rings (SSSR count). The van der Waals surface area contributed by atoms with Crippen LogP contribution in [-0.2, 0) is 0 Å². The molecule has 15 heavy (non-hydrogen) atoms. The zero-order valence-electron chi connectivity index (χ0n) is 10.4. The first-order valence-electron chi connectivity index (χ1n) is 5.78. The Kier molecular flexibility index (Phi) is 2.29. The van der Waals surface area contributed by atoms with Gasteiger partial charge in [-0.1, -0.05) is 13.0 Å². The lowest BCUT2D eigenvalue weighted by atomic mass is 9.81. The molecule has 1 aromatic rings. The van der Waals surface area contributed by atoms with Crippen molar-refractivity contribution in [3.05, 3.63) is 28.8 Å². The molecule has 0 saturated heterocycles. The summed E-state index contributed by atoms with van der Waals surface area (Å²) in [5, 5.41) is 3.63. The van der Waals surface area contributed by atoms with Crippen molar-refractivity contribution < 1.29 is 0 Å². The largest absolute Gasteiger partial charge is 0.380 e. The van der Waals surface area contributed by atoms with Gasteiger partial charge in [0.2, 0.25) is 0 Å². The number of benzene rings is 1. The topological polar surface area (TPSA) is 12.0 Å². The third-order valence-corrected chi connectivity index (χ3v) is 3.49. The zero-order chi connectivity index (χ0) is 11.2. The summed E-state index contributed by atoms with van der Waals surface area (Å²) in [5.41, 5.74) is 5.83. The maximum absolute atomic E-state index is 3.63. The maximum atomic E-state index is 3.63. The highest BCUT2D eigenvalue weighted by molar-refractivity contribution is 5.60. The molecule has 1 heteroatoms. The fraction of sp³-hybridized carbons (Fsp3) is 0.571. The molecule has 1 atom stereocenters. The van der Waals surface area contributed by atoms with Crippen LogP contribution in [0.25, 0.3) is 0 Å². The van der Waals surface area contributed by atoms with Crippen LogP contribution in [0, 0.1) is 13.8 Å². The van der Waals surface area contributed by atoms with E-state index in [1.807, 2.05) is 0 Å². The molecule has 1 heterocycles. The molecule has 0 aliphatic carbocycles. The predicted molar refractivity (Wildman–Crippen MR) is 66.6 cm³/mol. The minimum atomic E-state index is 0.230. The highest BCUT2D eigenvalue weighted by Crippen LogP contribution is 2.39. The van der Waals surface area contributed by atoms with E-state index < -0.39 is 0 Å². The summed E-state index contributed by atoms with van der Waals surface area (Å²) < 4.78 is 0. The minimum absolute atomic E-state index is 0.230. The first kappa shape index (κ1) is 10.5. The van der Waals surface area contributed by atoms with Crippen LogP contribution in [0.5, 0.6) is 0 Å². The molecular formula is C14H21N. The molecule has 1 aliphatic heterocycles. The van der Waals surface area contributed by atoms with Gasteiger partial charge >= 0.3 is 0 Å². The van der Waals surface area contributed by atoms with Crippen LogP contribution in [0.3, 0.4) is 0 Å². The summed E-state index contributed by atoms with van der Waals surface area (Å²) in [6.07, 6.45) is 1.21. The lowest BCUT2D eigenvalue weighted by Gasteiger charge is -2.38. The summed E-state index contributed by atoms with van der Waals surface area (Å²) in [6, 6.07) is 4.64. The van der Waals surface area contributed by atoms with Crippen molar-refractivity contribution in [2.45, 2.75) is 52.5 Å². The van der Waals surface area contributed by atoms with Crippen molar-refractivity contribution >= 4 is 5.69 Å². The second-order valence-corrected chi connectivity index (χ2v) is 5.64. The van der Waals surface area contributed by atoms with Gasteiger partial charge in [-0.2, -0.15) is 0 Å². The highest BCUT2D eigenvalue weighted by Gasteiger charge is 2.29. The standard InChI is InChI=1S/C14H21N/c1-9-6-12-11(3)8-14(4,5)15-13(12)7-10(9)2/h6-7,11,15H,8H2,1-5H3/t11-/m0/s1. The number of fused-ring (bicyclic) bond motifs is 1. The van der Waals surface area contributed by atoms with Gasteiger partial charge in [0.15, 0.2) is 0 Å². The van der Waals surface area contributed by atoms with Gasteiger partial charge in [0.1, 0.15) is 0 Å². The van der Waals surface area contributed by atoms with Crippen LogP contribution >= 0.6 is 0 Å². The van der Waals surface area contributed by atoms with Gasteiger partial charge in [0, 0.05) is 11.2 Å². The fourth-order valence-corrected chi connectivity index (χ4v) is 2.65. The van der Waals surface area contributed by atoms with Crippen LogP contribution in [0.2, 0.25) is 0 Å². The van der Waals surface area contributed by atoms with Crippen molar-refractivity contribution in [3.8, 4) is 0 Å². The Morgan fingerprint density at radius 3 is 2.47 bits per heavy atom. The summed E-state index contributed by atoms with van der Waals surface area (Å²) in [6.45, 7) is 11.3. The van der Waals surface area contributed by atoms with E-state index in [0.717, 1.165) is 0 Å².